The highest BCUT2D eigenvalue weighted by Gasteiger charge is 2.20. The van der Waals surface area contributed by atoms with Crippen molar-refractivity contribution < 1.29 is 18.0 Å². The topological polar surface area (TPSA) is 108 Å². The zero-order chi connectivity index (χ0) is 24.8. The molecule has 0 fully saturated rings. The number of rotatable bonds is 5. The predicted molar refractivity (Wildman–Crippen MR) is 135 cm³/mol. The average molecular weight is 493 g/mol. The Balaban J connectivity index is 1.34. The van der Waals surface area contributed by atoms with Crippen molar-refractivity contribution in [1.29, 1.82) is 0 Å². The number of nitrogens with one attached hydrogen (secondary N) is 3. The quantitative estimate of drug-likeness (QED) is 0.503. The van der Waals surface area contributed by atoms with Gasteiger partial charge in [-0.2, -0.15) is 0 Å². The van der Waals surface area contributed by atoms with Crippen LogP contribution < -0.4 is 15.4 Å². The zero-order valence-electron chi connectivity index (χ0n) is 19.5. The first kappa shape index (κ1) is 24.3. The summed E-state index contributed by atoms with van der Waals surface area (Å²) in [5, 5.41) is 5.56. The van der Waals surface area contributed by atoms with Crippen LogP contribution in [0.5, 0.6) is 0 Å². The number of fused-ring (bicyclic) bond motifs is 1. The van der Waals surface area contributed by atoms with Crippen LogP contribution in [0.1, 0.15) is 22.3 Å². The van der Waals surface area contributed by atoms with Gasteiger partial charge in [0.1, 0.15) is 0 Å². The van der Waals surface area contributed by atoms with E-state index in [0.29, 0.717) is 38.2 Å². The van der Waals surface area contributed by atoms with E-state index in [0.717, 1.165) is 22.3 Å². The lowest BCUT2D eigenvalue weighted by atomic mass is 10.0. The molecule has 0 unspecified atom stereocenters. The summed E-state index contributed by atoms with van der Waals surface area (Å²) >= 11 is 0. The fourth-order valence-corrected chi connectivity index (χ4v) is 4.85. The van der Waals surface area contributed by atoms with Gasteiger partial charge in [-0.05, 0) is 60.7 Å². The Labute approximate surface area is 205 Å². The Morgan fingerprint density at radius 2 is 1.57 bits per heavy atom. The summed E-state index contributed by atoms with van der Waals surface area (Å²) in [5.41, 5.74) is 4.56. The molecule has 8 nitrogen and oxygen atoms in total. The first-order chi connectivity index (χ1) is 16.8. The van der Waals surface area contributed by atoms with Crippen LogP contribution in [0.3, 0.4) is 0 Å². The summed E-state index contributed by atoms with van der Waals surface area (Å²) in [5.74, 6) is 0. The molecule has 0 aliphatic carbocycles. The van der Waals surface area contributed by atoms with Gasteiger partial charge in [0.05, 0.1) is 4.90 Å². The summed E-state index contributed by atoms with van der Waals surface area (Å²) < 4.78 is 26.9. The van der Waals surface area contributed by atoms with E-state index >= 15 is 0 Å². The molecular formula is C26H28N4O4S. The van der Waals surface area contributed by atoms with E-state index in [1.807, 2.05) is 54.1 Å². The molecule has 3 aromatic carbocycles. The number of aryl methyl sites for hydroxylation is 1. The van der Waals surface area contributed by atoms with Gasteiger partial charge in [0, 0.05) is 25.3 Å². The Kier molecular flexibility index (Phi) is 7.36. The normalized spacial score (nSPS) is 13.3. The van der Waals surface area contributed by atoms with E-state index in [1.165, 1.54) is 12.1 Å². The maximum absolute atomic E-state index is 12.6. The second kappa shape index (κ2) is 10.6. The average Bonchev–Trinajstić information content (AvgIpc) is 3.05. The molecular weight excluding hydrogens is 464 g/mol. The minimum atomic E-state index is -3.98. The number of sulfonamides is 1. The fourth-order valence-electron chi connectivity index (χ4n) is 3.95. The minimum Gasteiger partial charge on any atom is -0.334 e. The lowest BCUT2D eigenvalue weighted by molar-refractivity contribution is 0.200. The number of carbonyl (C=O) groups excluding carboxylic acids is 2. The molecule has 9 heteroatoms. The van der Waals surface area contributed by atoms with Gasteiger partial charge >= 0.3 is 12.1 Å². The van der Waals surface area contributed by atoms with Gasteiger partial charge in [-0.25, -0.2) is 22.7 Å². The third-order valence-corrected chi connectivity index (χ3v) is 7.25. The minimum absolute atomic E-state index is 0.0193. The molecule has 182 valence electrons. The number of benzene rings is 3. The molecule has 1 aliphatic heterocycles. The van der Waals surface area contributed by atoms with Crippen molar-refractivity contribution in [3.05, 3.63) is 95.1 Å². The van der Waals surface area contributed by atoms with Gasteiger partial charge < -0.3 is 15.5 Å². The van der Waals surface area contributed by atoms with Gasteiger partial charge in [0.25, 0.3) is 10.0 Å². The van der Waals surface area contributed by atoms with Crippen molar-refractivity contribution in [3.63, 3.8) is 0 Å². The van der Waals surface area contributed by atoms with Gasteiger partial charge in [-0.1, -0.05) is 54.1 Å². The first-order valence-electron chi connectivity index (χ1n) is 11.4. The maximum Gasteiger partial charge on any atom is 0.333 e. The molecule has 0 aromatic heterocycles. The van der Waals surface area contributed by atoms with Gasteiger partial charge in [0.15, 0.2) is 0 Å². The number of urea groups is 2. The van der Waals surface area contributed by atoms with Crippen LogP contribution in [-0.4, -0.2) is 38.5 Å². The Bertz CT molecular complexity index is 1310. The molecule has 4 rings (SSSR count). The van der Waals surface area contributed by atoms with Crippen molar-refractivity contribution in [1.82, 2.24) is 14.9 Å². The summed E-state index contributed by atoms with van der Waals surface area (Å²) in [6.07, 6.45) is 1.33. The van der Waals surface area contributed by atoms with Crippen LogP contribution in [0.2, 0.25) is 0 Å². The Morgan fingerprint density at radius 3 is 2.29 bits per heavy atom. The number of hydrogen-bond donors (Lipinski definition) is 3. The lowest BCUT2D eigenvalue weighted by Crippen LogP contribution is -2.41. The van der Waals surface area contributed by atoms with Crippen LogP contribution in [0.4, 0.5) is 15.3 Å². The number of hydrogen-bond acceptors (Lipinski definition) is 4. The Morgan fingerprint density at radius 1 is 0.886 bits per heavy atom. The molecule has 0 saturated carbocycles. The second-order valence-corrected chi connectivity index (χ2v) is 10.2. The number of amides is 4. The molecule has 1 aliphatic rings. The molecule has 0 radical (unpaired) electrons. The number of nitrogens with zero attached hydrogens (tertiary/aromatic N) is 1. The predicted octanol–water partition coefficient (Wildman–Crippen LogP) is 3.82. The molecule has 0 spiro atoms. The molecule has 35 heavy (non-hydrogen) atoms. The van der Waals surface area contributed by atoms with Crippen LogP contribution in [-0.2, 0) is 29.4 Å². The molecule has 0 saturated heterocycles. The SMILES string of the molecule is Cc1ccc(S(=O)(=O)NC(=O)Nc2ccc3c(c2)CCN(C(=O)NCc2ccccc2)CC3)cc1. The lowest BCUT2D eigenvalue weighted by Gasteiger charge is -2.20. The maximum atomic E-state index is 12.6. The summed E-state index contributed by atoms with van der Waals surface area (Å²) in [6.45, 7) is 3.46. The number of carbonyl (C=O) groups is 2. The summed E-state index contributed by atoms with van der Waals surface area (Å²) in [4.78, 5) is 26.8. The first-order valence-corrected chi connectivity index (χ1v) is 12.9. The van der Waals surface area contributed by atoms with E-state index in [2.05, 4.69) is 10.6 Å². The molecule has 3 aromatic rings. The van der Waals surface area contributed by atoms with Crippen LogP contribution in [0, 0.1) is 6.92 Å². The standard InChI is InChI=1S/C26H28N4O4S/c1-19-7-11-24(12-8-19)35(33,34)29-25(31)28-23-10-9-21-13-15-30(16-14-22(21)17-23)26(32)27-18-20-5-3-2-4-6-20/h2-12,17H,13-16,18H2,1H3,(H,27,32)(H2,28,29,31). The van der Waals surface area contributed by atoms with E-state index in [1.54, 1.807) is 23.1 Å². The second-order valence-electron chi connectivity index (χ2n) is 8.49. The van der Waals surface area contributed by atoms with Crippen LogP contribution in [0.15, 0.2) is 77.7 Å². The smallest absolute Gasteiger partial charge is 0.333 e. The molecule has 0 atom stereocenters. The van der Waals surface area contributed by atoms with E-state index in [4.69, 9.17) is 0 Å². The van der Waals surface area contributed by atoms with Gasteiger partial charge in [-0.3, -0.25) is 0 Å². The van der Waals surface area contributed by atoms with E-state index in [9.17, 15) is 18.0 Å². The third kappa shape index (κ3) is 6.39. The fraction of sp³-hybridized carbons (Fsp3) is 0.231. The van der Waals surface area contributed by atoms with Crippen LogP contribution >= 0.6 is 0 Å². The largest absolute Gasteiger partial charge is 0.334 e. The van der Waals surface area contributed by atoms with E-state index in [-0.39, 0.29) is 10.9 Å². The van der Waals surface area contributed by atoms with Gasteiger partial charge in [-0.15, -0.1) is 0 Å². The molecule has 3 N–H and O–H groups in total. The van der Waals surface area contributed by atoms with Crippen molar-refractivity contribution in [2.45, 2.75) is 31.2 Å². The Hall–Kier alpha value is -3.85. The highest BCUT2D eigenvalue weighted by molar-refractivity contribution is 7.90. The van der Waals surface area contributed by atoms with Crippen molar-refractivity contribution in [2.24, 2.45) is 0 Å². The van der Waals surface area contributed by atoms with Crippen molar-refractivity contribution in [3.8, 4) is 0 Å². The highest BCUT2D eigenvalue weighted by atomic mass is 32.2. The van der Waals surface area contributed by atoms with E-state index < -0.39 is 16.1 Å². The summed E-state index contributed by atoms with van der Waals surface area (Å²) in [6, 6.07) is 20.5. The molecule has 0 bridgehead atoms. The van der Waals surface area contributed by atoms with Crippen LogP contribution in [0.25, 0.3) is 0 Å². The third-order valence-electron chi connectivity index (χ3n) is 5.90. The number of anilines is 1. The van der Waals surface area contributed by atoms with Gasteiger partial charge in [0.2, 0.25) is 0 Å². The van der Waals surface area contributed by atoms with Crippen molar-refractivity contribution in [2.75, 3.05) is 18.4 Å². The zero-order valence-corrected chi connectivity index (χ0v) is 20.3. The monoisotopic (exact) mass is 492 g/mol. The highest BCUT2D eigenvalue weighted by Crippen LogP contribution is 2.21. The van der Waals surface area contributed by atoms with Crippen molar-refractivity contribution >= 4 is 27.8 Å². The molecule has 1 heterocycles. The summed E-state index contributed by atoms with van der Waals surface area (Å²) in [7, 11) is -3.98. The molecule has 4 amide bonds.